The summed E-state index contributed by atoms with van der Waals surface area (Å²) in [4.78, 5) is 13.0. The first kappa shape index (κ1) is 19.3. The normalized spacial score (nSPS) is 25.7. The molecule has 3 N–H and O–H groups in total. The van der Waals surface area contributed by atoms with Crippen LogP contribution in [0.5, 0.6) is 17.2 Å². The van der Waals surface area contributed by atoms with Crippen LogP contribution < -0.4 is 4.74 Å². The summed E-state index contributed by atoms with van der Waals surface area (Å²) >= 11 is 0. The quantitative estimate of drug-likeness (QED) is 0.406. The average molecular weight is 392 g/mol. The lowest BCUT2D eigenvalue weighted by Gasteiger charge is -2.45. The second-order valence-corrected chi connectivity index (χ2v) is 7.98. The summed E-state index contributed by atoms with van der Waals surface area (Å²) in [5.74, 6) is -3.01. The van der Waals surface area contributed by atoms with E-state index in [4.69, 9.17) is 4.74 Å². The Morgan fingerprint density at radius 1 is 1.21 bits per heavy atom. The van der Waals surface area contributed by atoms with E-state index in [1.807, 2.05) is 43.3 Å². The number of phenols is 2. The molecule has 0 saturated carbocycles. The Balaban J connectivity index is 1.83. The van der Waals surface area contributed by atoms with E-state index in [-0.39, 0.29) is 34.6 Å². The molecule has 5 heteroatoms. The van der Waals surface area contributed by atoms with E-state index >= 15 is 0 Å². The SMILES string of the molecule is CC1=CC2c3c(O)cc(O)c(C(=O)/C=C/c4ccccc4)c3OC(C)(O)C2CC1. The predicted molar refractivity (Wildman–Crippen MR) is 110 cm³/mol. The van der Waals surface area contributed by atoms with Gasteiger partial charge >= 0.3 is 0 Å². The molecule has 3 unspecified atom stereocenters. The number of carbonyl (C=O) groups excluding carboxylic acids is 1. The van der Waals surface area contributed by atoms with Crippen molar-refractivity contribution in [2.45, 2.75) is 38.4 Å². The van der Waals surface area contributed by atoms with E-state index in [9.17, 15) is 20.1 Å². The van der Waals surface area contributed by atoms with Gasteiger partial charge in [-0.3, -0.25) is 4.79 Å². The van der Waals surface area contributed by atoms with Crippen molar-refractivity contribution in [2.24, 2.45) is 5.92 Å². The van der Waals surface area contributed by atoms with E-state index in [0.29, 0.717) is 12.0 Å². The zero-order valence-electron chi connectivity index (χ0n) is 16.4. The number of ketones is 1. The molecular weight excluding hydrogens is 368 g/mol. The largest absolute Gasteiger partial charge is 0.507 e. The van der Waals surface area contributed by atoms with Crippen molar-refractivity contribution in [1.82, 2.24) is 0 Å². The zero-order chi connectivity index (χ0) is 20.8. The molecule has 1 aliphatic heterocycles. The van der Waals surface area contributed by atoms with Crippen molar-refractivity contribution in [3.63, 3.8) is 0 Å². The van der Waals surface area contributed by atoms with Gasteiger partial charge in [-0.25, -0.2) is 0 Å². The first-order valence-corrected chi connectivity index (χ1v) is 9.73. The van der Waals surface area contributed by atoms with Gasteiger partial charge in [0.1, 0.15) is 22.8 Å². The van der Waals surface area contributed by atoms with Crippen LogP contribution in [-0.4, -0.2) is 26.9 Å². The van der Waals surface area contributed by atoms with Crippen molar-refractivity contribution < 1.29 is 24.9 Å². The Morgan fingerprint density at radius 2 is 1.93 bits per heavy atom. The number of rotatable bonds is 3. The van der Waals surface area contributed by atoms with Crippen LogP contribution in [0.1, 0.15) is 54.1 Å². The topological polar surface area (TPSA) is 87.0 Å². The summed E-state index contributed by atoms with van der Waals surface area (Å²) in [7, 11) is 0. The molecule has 0 radical (unpaired) electrons. The molecule has 150 valence electrons. The number of aromatic hydroxyl groups is 2. The summed E-state index contributed by atoms with van der Waals surface area (Å²) < 4.78 is 5.84. The van der Waals surface area contributed by atoms with Crippen LogP contribution in [0.15, 0.2) is 54.1 Å². The van der Waals surface area contributed by atoms with Crippen LogP contribution >= 0.6 is 0 Å². The number of ether oxygens (including phenoxy) is 1. The fourth-order valence-corrected chi connectivity index (χ4v) is 4.37. The predicted octanol–water partition coefficient (Wildman–Crippen LogP) is 4.53. The van der Waals surface area contributed by atoms with Crippen molar-refractivity contribution in [2.75, 3.05) is 0 Å². The molecule has 1 heterocycles. The second-order valence-electron chi connectivity index (χ2n) is 7.98. The molecule has 0 aromatic heterocycles. The Labute approximate surface area is 169 Å². The number of hydrogen-bond donors (Lipinski definition) is 3. The van der Waals surface area contributed by atoms with Gasteiger partial charge in [-0.2, -0.15) is 0 Å². The number of aliphatic hydroxyl groups is 1. The minimum absolute atomic E-state index is 0.0439. The molecule has 5 nitrogen and oxygen atoms in total. The molecular formula is C24H24O5. The van der Waals surface area contributed by atoms with Gasteiger partial charge in [-0.1, -0.05) is 48.1 Å². The van der Waals surface area contributed by atoms with Crippen LogP contribution in [0.3, 0.4) is 0 Å². The minimum Gasteiger partial charge on any atom is -0.507 e. The highest BCUT2D eigenvalue weighted by molar-refractivity contribution is 6.11. The molecule has 0 spiro atoms. The van der Waals surface area contributed by atoms with Gasteiger partial charge < -0.3 is 20.1 Å². The highest BCUT2D eigenvalue weighted by atomic mass is 16.6. The van der Waals surface area contributed by atoms with Gasteiger partial charge in [-0.15, -0.1) is 0 Å². The van der Waals surface area contributed by atoms with E-state index in [0.717, 1.165) is 17.6 Å². The third-order valence-corrected chi connectivity index (χ3v) is 5.83. The summed E-state index contributed by atoms with van der Waals surface area (Å²) in [6.45, 7) is 3.57. The highest BCUT2D eigenvalue weighted by Crippen LogP contribution is 2.55. The molecule has 0 amide bonds. The molecule has 1 aliphatic carbocycles. The standard InChI is InChI=1S/C24H24O5/c1-14-8-10-17-16(12-14)21-19(26)13-20(27)22(23(21)29-24(17,2)28)18(25)11-9-15-6-4-3-5-7-15/h3-7,9,11-13,16-17,26-28H,8,10H2,1-2H3/b11-9+. The number of phenolic OH excluding ortho intramolecular Hbond substituents is 2. The second kappa shape index (κ2) is 7.08. The van der Waals surface area contributed by atoms with Crippen LogP contribution in [0, 0.1) is 5.92 Å². The van der Waals surface area contributed by atoms with Crippen molar-refractivity contribution in [1.29, 1.82) is 0 Å². The van der Waals surface area contributed by atoms with Gasteiger partial charge in [0.25, 0.3) is 0 Å². The van der Waals surface area contributed by atoms with Crippen molar-refractivity contribution >= 4 is 11.9 Å². The summed E-state index contributed by atoms with van der Waals surface area (Å²) in [5, 5.41) is 32.0. The minimum atomic E-state index is -1.52. The molecule has 2 aliphatic rings. The molecule has 2 aromatic carbocycles. The lowest BCUT2D eigenvalue weighted by Crippen LogP contribution is -2.47. The Kier molecular flexibility index (Phi) is 4.71. The molecule has 3 atom stereocenters. The van der Waals surface area contributed by atoms with Gasteiger partial charge in [0.05, 0.1) is 0 Å². The highest BCUT2D eigenvalue weighted by Gasteiger charge is 2.48. The maximum Gasteiger partial charge on any atom is 0.209 e. The van der Waals surface area contributed by atoms with Crippen LogP contribution in [0.25, 0.3) is 6.08 Å². The van der Waals surface area contributed by atoms with Crippen LogP contribution in [-0.2, 0) is 0 Å². The van der Waals surface area contributed by atoms with Crippen molar-refractivity contribution in [3.05, 3.63) is 70.8 Å². The van der Waals surface area contributed by atoms with Gasteiger partial charge in [0.2, 0.25) is 5.79 Å². The fraction of sp³-hybridized carbons (Fsp3) is 0.292. The van der Waals surface area contributed by atoms with E-state index < -0.39 is 11.6 Å². The summed E-state index contributed by atoms with van der Waals surface area (Å²) in [5.41, 5.74) is 2.38. The Bertz CT molecular complexity index is 1020. The van der Waals surface area contributed by atoms with Crippen molar-refractivity contribution in [3.8, 4) is 17.2 Å². The first-order valence-electron chi connectivity index (χ1n) is 9.73. The van der Waals surface area contributed by atoms with E-state index in [1.54, 1.807) is 13.0 Å². The van der Waals surface area contributed by atoms with E-state index in [2.05, 4.69) is 0 Å². The number of allylic oxidation sites excluding steroid dienone is 3. The molecule has 4 rings (SSSR count). The molecule has 0 saturated heterocycles. The number of fused-ring (bicyclic) bond motifs is 3. The maximum atomic E-state index is 13.0. The Morgan fingerprint density at radius 3 is 2.66 bits per heavy atom. The molecule has 0 bridgehead atoms. The number of benzene rings is 2. The molecule has 29 heavy (non-hydrogen) atoms. The maximum absolute atomic E-state index is 13.0. The van der Waals surface area contributed by atoms with Crippen LogP contribution in [0.2, 0.25) is 0 Å². The monoisotopic (exact) mass is 392 g/mol. The lowest BCUT2D eigenvalue weighted by atomic mass is 9.71. The average Bonchev–Trinajstić information content (AvgIpc) is 2.66. The number of carbonyl (C=O) groups is 1. The zero-order valence-corrected chi connectivity index (χ0v) is 16.4. The summed E-state index contributed by atoms with van der Waals surface area (Å²) in [6, 6.07) is 10.5. The van der Waals surface area contributed by atoms with Gasteiger partial charge in [-0.05, 0) is 31.4 Å². The smallest absolute Gasteiger partial charge is 0.209 e. The fourth-order valence-electron chi connectivity index (χ4n) is 4.37. The van der Waals surface area contributed by atoms with Gasteiger partial charge in [0, 0.05) is 30.4 Å². The lowest BCUT2D eigenvalue weighted by molar-refractivity contribution is -0.179. The Hall–Kier alpha value is -3.05. The molecule has 2 aromatic rings. The first-order chi connectivity index (χ1) is 13.8. The van der Waals surface area contributed by atoms with Crippen LogP contribution in [0.4, 0.5) is 0 Å². The number of hydrogen-bond acceptors (Lipinski definition) is 5. The van der Waals surface area contributed by atoms with Gasteiger partial charge in [0.15, 0.2) is 5.78 Å². The van der Waals surface area contributed by atoms with E-state index in [1.165, 1.54) is 12.1 Å². The molecule has 0 fully saturated rings. The third-order valence-electron chi connectivity index (χ3n) is 5.83. The summed E-state index contributed by atoms with van der Waals surface area (Å²) in [6.07, 6.45) is 6.55. The third kappa shape index (κ3) is 3.42.